The molecule has 4 rings (SSSR count). The van der Waals surface area contributed by atoms with Crippen molar-refractivity contribution in [2.45, 2.75) is 38.1 Å². The fraction of sp³-hybridized carbons (Fsp3) is 0.333. The van der Waals surface area contributed by atoms with E-state index in [1.807, 2.05) is 36.5 Å². The van der Waals surface area contributed by atoms with Crippen LogP contribution in [0.1, 0.15) is 38.1 Å². The minimum absolute atomic E-state index is 0.407. The first-order valence-electron chi connectivity index (χ1n) is 9.58. The summed E-state index contributed by atoms with van der Waals surface area (Å²) in [5.74, 6) is 1.15. The highest BCUT2D eigenvalue weighted by molar-refractivity contribution is 5.62. The number of nitrogens with zero attached hydrogens (tertiary/aromatic N) is 5. The topological polar surface area (TPSA) is 105 Å². The average molecular weight is 373 g/mol. The van der Waals surface area contributed by atoms with Gasteiger partial charge >= 0.3 is 0 Å². The molecule has 3 aromatic rings. The summed E-state index contributed by atoms with van der Waals surface area (Å²) < 4.78 is 2.05. The molecule has 0 radical (unpaired) electrons. The average Bonchev–Trinajstić information content (AvgIpc) is 3.36. The van der Waals surface area contributed by atoms with Gasteiger partial charge in [0.25, 0.3) is 0 Å². The van der Waals surface area contributed by atoms with Crippen molar-refractivity contribution in [2.24, 2.45) is 5.92 Å². The number of hydrogen-bond acceptors (Lipinski definition) is 6. The molecule has 2 atom stereocenters. The second-order valence-electron chi connectivity index (χ2n) is 7.25. The van der Waals surface area contributed by atoms with E-state index < -0.39 is 0 Å². The highest BCUT2D eigenvalue weighted by Crippen LogP contribution is 2.37. The van der Waals surface area contributed by atoms with Crippen LogP contribution in [0.15, 0.2) is 48.9 Å². The van der Waals surface area contributed by atoms with E-state index in [4.69, 9.17) is 11.0 Å². The van der Waals surface area contributed by atoms with E-state index in [0.29, 0.717) is 30.0 Å². The highest BCUT2D eigenvalue weighted by Gasteiger charge is 2.26. The molecule has 1 fully saturated rings. The molecule has 0 spiro atoms. The van der Waals surface area contributed by atoms with Crippen molar-refractivity contribution >= 4 is 17.3 Å². The lowest BCUT2D eigenvalue weighted by Gasteiger charge is -2.11. The Morgan fingerprint density at radius 3 is 3.07 bits per heavy atom. The van der Waals surface area contributed by atoms with E-state index in [9.17, 15) is 0 Å². The van der Waals surface area contributed by atoms with Gasteiger partial charge in [0.1, 0.15) is 0 Å². The molecule has 0 saturated heterocycles. The third kappa shape index (κ3) is 4.12. The smallest absolute Gasteiger partial charge is 0.227 e. The summed E-state index contributed by atoms with van der Waals surface area (Å²) in [7, 11) is 0. The SMILES string of the molecule is N#CCCC1CCC(n2cc(-c3ccnc(Nc4cccc(N)c4)n3)cn2)C1. The summed E-state index contributed by atoms with van der Waals surface area (Å²) in [6, 6.07) is 12.0. The van der Waals surface area contributed by atoms with Crippen LogP contribution >= 0.6 is 0 Å². The third-order valence-corrected chi connectivity index (χ3v) is 5.25. The van der Waals surface area contributed by atoms with Gasteiger partial charge < -0.3 is 11.1 Å². The number of aromatic nitrogens is 4. The Morgan fingerprint density at radius 1 is 1.29 bits per heavy atom. The van der Waals surface area contributed by atoms with Crippen molar-refractivity contribution in [3.63, 3.8) is 0 Å². The second-order valence-corrected chi connectivity index (χ2v) is 7.25. The largest absolute Gasteiger partial charge is 0.399 e. The molecule has 2 unspecified atom stereocenters. The zero-order chi connectivity index (χ0) is 19.3. The van der Waals surface area contributed by atoms with Crippen LogP contribution in [-0.4, -0.2) is 19.7 Å². The quantitative estimate of drug-likeness (QED) is 0.624. The summed E-state index contributed by atoms with van der Waals surface area (Å²) in [5, 5.41) is 16.5. The van der Waals surface area contributed by atoms with Gasteiger partial charge in [-0.3, -0.25) is 4.68 Å². The molecule has 0 amide bonds. The Morgan fingerprint density at radius 2 is 2.21 bits per heavy atom. The normalized spacial score (nSPS) is 18.7. The minimum atomic E-state index is 0.407. The molecule has 0 bridgehead atoms. The van der Waals surface area contributed by atoms with E-state index >= 15 is 0 Å². The van der Waals surface area contributed by atoms with E-state index in [2.05, 4.69) is 37.3 Å². The number of nitrogens with one attached hydrogen (secondary N) is 1. The highest BCUT2D eigenvalue weighted by atomic mass is 15.3. The molecule has 1 saturated carbocycles. The molecule has 0 aliphatic heterocycles. The predicted molar refractivity (Wildman–Crippen MR) is 109 cm³/mol. The molecule has 7 nitrogen and oxygen atoms in total. The summed E-state index contributed by atoms with van der Waals surface area (Å²) in [5.41, 5.74) is 9.16. The zero-order valence-electron chi connectivity index (χ0n) is 15.6. The Labute approximate surface area is 164 Å². The van der Waals surface area contributed by atoms with E-state index in [-0.39, 0.29) is 0 Å². The Bertz CT molecular complexity index is 988. The molecule has 1 aliphatic rings. The van der Waals surface area contributed by atoms with E-state index in [1.54, 1.807) is 6.20 Å². The zero-order valence-corrected chi connectivity index (χ0v) is 15.6. The molecule has 2 aromatic heterocycles. The molecule has 2 heterocycles. The van der Waals surface area contributed by atoms with Gasteiger partial charge in [0, 0.05) is 35.8 Å². The van der Waals surface area contributed by atoms with Gasteiger partial charge in [-0.15, -0.1) is 0 Å². The van der Waals surface area contributed by atoms with Crippen LogP contribution in [0.2, 0.25) is 0 Å². The second kappa shape index (κ2) is 8.09. The van der Waals surface area contributed by atoms with Crippen LogP contribution in [0.4, 0.5) is 17.3 Å². The first kappa shape index (κ1) is 18.0. The fourth-order valence-electron chi connectivity index (χ4n) is 3.81. The lowest BCUT2D eigenvalue weighted by molar-refractivity contribution is 0.430. The molecular weight excluding hydrogens is 350 g/mol. The Hall–Kier alpha value is -3.40. The number of anilines is 3. The fourth-order valence-corrected chi connectivity index (χ4v) is 3.81. The van der Waals surface area contributed by atoms with Crippen molar-refractivity contribution in [3.8, 4) is 17.3 Å². The standard InChI is InChI=1S/C21H23N7/c22-9-2-3-15-6-7-19(11-15)28-14-16(13-25-28)20-8-10-24-21(27-20)26-18-5-1-4-17(23)12-18/h1,4-5,8,10,12-15,19H,2-3,6-7,11,23H2,(H,24,26,27). The van der Waals surface area contributed by atoms with Crippen LogP contribution in [0.25, 0.3) is 11.3 Å². The van der Waals surface area contributed by atoms with Gasteiger partial charge in [-0.2, -0.15) is 10.4 Å². The first-order valence-corrected chi connectivity index (χ1v) is 9.58. The molecule has 28 heavy (non-hydrogen) atoms. The molecule has 3 N–H and O–H groups in total. The van der Waals surface area contributed by atoms with Crippen LogP contribution in [0.3, 0.4) is 0 Å². The van der Waals surface area contributed by atoms with Gasteiger partial charge in [-0.05, 0) is 55.9 Å². The van der Waals surface area contributed by atoms with Crippen molar-refractivity contribution in [1.82, 2.24) is 19.7 Å². The predicted octanol–water partition coefficient (Wildman–Crippen LogP) is 4.31. The summed E-state index contributed by atoms with van der Waals surface area (Å²) in [6.45, 7) is 0. The van der Waals surface area contributed by atoms with Gasteiger partial charge in [0.15, 0.2) is 0 Å². The van der Waals surface area contributed by atoms with Crippen molar-refractivity contribution in [3.05, 3.63) is 48.9 Å². The number of benzene rings is 1. The maximum atomic E-state index is 8.78. The van der Waals surface area contributed by atoms with Gasteiger partial charge in [-0.25, -0.2) is 9.97 Å². The molecular formula is C21H23N7. The van der Waals surface area contributed by atoms with Crippen LogP contribution < -0.4 is 11.1 Å². The Kier molecular flexibility index (Phi) is 5.20. The summed E-state index contributed by atoms with van der Waals surface area (Å²) >= 11 is 0. The van der Waals surface area contributed by atoms with Crippen LogP contribution in [0.5, 0.6) is 0 Å². The van der Waals surface area contributed by atoms with Crippen molar-refractivity contribution in [1.29, 1.82) is 5.26 Å². The summed E-state index contributed by atoms with van der Waals surface area (Å²) in [6.07, 6.45) is 10.7. The lowest BCUT2D eigenvalue weighted by atomic mass is 10.0. The molecule has 1 aromatic carbocycles. The summed E-state index contributed by atoms with van der Waals surface area (Å²) in [4.78, 5) is 8.91. The molecule has 1 aliphatic carbocycles. The number of nitrogen functional groups attached to an aromatic ring is 1. The van der Waals surface area contributed by atoms with Gasteiger partial charge in [-0.1, -0.05) is 6.07 Å². The minimum Gasteiger partial charge on any atom is -0.399 e. The molecule has 7 heteroatoms. The number of rotatable bonds is 6. The number of hydrogen-bond donors (Lipinski definition) is 2. The molecule has 142 valence electrons. The van der Waals surface area contributed by atoms with Crippen molar-refractivity contribution in [2.75, 3.05) is 11.1 Å². The maximum Gasteiger partial charge on any atom is 0.227 e. The van der Waals surface area contributed by atoms with Crippen LogP contribution in [-0.2, 0) is 0 Å². The van der Waals surface area contributed by atoms with Gasteiger partial charge in [0.2, 0.25) is 5.95 Å². The maximum absolute atomic E-state index is 8.78. The third-order valence-electron chi connectivity index (χ3n) is 5.25. The monoisotopic (exact) mass is 373 g/mol. The van der Waals surface area contributed by atoms with E-state index in [1.165, 1.54) is 6.42 Å². The van der Waals surface area contributed by atoms with Crippen molar-refractivity contribution < 1.29 is 0 Å². The van der Waals surface area contributed by atoms with E-state index in [0.717, 1.165) is 36.2 Å². The number of nitrogens with two attached hydrogens (primary N) is 1. The Balaban J connectivity index is 1.46. The first-order chi connectivity index (χ1) is 13.7. The van der Waals surface area contributed by atoms with Gasteiger partial charge in [0.05, 0.1) is 24.0 Å². The number of nitriles is 1. The lowest BCUT2D eigenvalue weighted by Crippen LogP contribution is -2.06. The van der Waals surface area contributed by atoms with Crippen LogP contribution in [0, 0.1) is 17.2 Å².